The van der Waals surface area contributed by atoms with E-state index in [1.807, 2.05) is 24.3 Å². The van der Waals surface area contributed by atoms with Crippen LogP contribution in [0.25, 0.3) is 0 Å². The van der Waals surface area contributed by atoms with Gasteiger partial charge in [0.1, 0.15) is 0 Å². The molecule has 1 spiro atoms. The van der Waals surface area contributed by atoms with Crippen molar-refractivity contribution in [1.29, 1.82) is 0 Å². The highest BCUT2D eigenvalue weighted by atomic mass is 16.2. The fraction of sp³-hybridized carbons (Fsp3) is 0.636. The SMILES string of the molecule is CCCNC(=O)[C@H]1c2ccccc2C(=O)N([C@H](C)CC)C12CCCCC2. The molecule has 142 valence electrons. The molecule has 1 N–H and O–H groups in total. The van der Waals surface area contributed by atoms with Crippen LogP contribution in [0.5, 0.6) is 0 Å². The minimum absolute atomic E-state index is 0.0852. The Balaban J connectivity index is 2.16. The van der Waals surface area contributed by atoms with Crippen LogP contribution in [-0.4, -0.2) is 34.8 Å². The minimum Gasteiger partial charge on any atom is -0.356 e. The number of rotatable bonds is 5. The second kappa shape index (κ2) is 7.81. The third kappa shape index (κ3) is 3.04. The first-order valence-corrected chi connectivity index (χ1v) is 10.3. The van der Waals surface area contributed by atoms with Crippen LogP contribution in [0.15, 0.2) is 24.3 Å². The highest BCUT2D eigenvalue weighted by molar-refractivity contribution is 6.02. The molecule has 26 heavy (non-hydrogen) atoms. The van der Waals surface area contributed by atoms with Gasteiger partial charge in [0, 0.05) is 18.2 Å². The molecule has 2 aliphatic rings. The van der Waals surface area contributed by atoms with E-state index in [1.54, 1.807) is 0 Å². The van der Waals surface area contributed by atoms with E-state index in [0.29, 0.717) is 12.1 Å². The zero-order valence-electron chi connectivity index (χ0n) is 16.4. The van der Waals surface area contributed by atoms with Gasteiger partial charge in [0.15, 0.2) is 0 Å². The van der Waals surface area contributed by atoms with Gasteiger partial charge in [0.25, 0.3) is 5.91 Å². The molecule has 1 aromatic carbocycles. The van der Waals surface area contributed by atoms with Gasteiger partial charge in [-0.05, 0) is 44.2 Å². The monoisotopic (exact) mass is 356 g/mol. The van der Waals surface area contributed by atoms with E-state index in [2.05, 4.69) is 31.0 Å². The van der Waals surface area contributed by atoms with Crippen molar-refractivity contribution in [2.45, 2.75) is 83.2 Å². The lowest BCUT2D eigenvalue weighted by molar-refractivity contribution is -0.128. The first-order chi connectivity index (χ1) is 12.6. The quantitative estimate of drug-likeness (QED) is 0.857. The second-order valence-corrected chi connectivity index (χ2v) is 7.91. The van der Waals surface area contributed by atoms with Crippen molar-refractivity contribution in [1.82, 2.24) is 10.2 Å². The lowest BCUT2D eigenvalue weighted by Crippen LogP contribution is -2.64. The molecule has 0 aromatic heterocycles. The molecule has 3 rings (SSSR count). The summed E-state index contributed by atoms with van der Waals surface area (Å²) in [6, 6.07) is 7.89. The number of carbonyl (C=O) groups excluding carboxylic acids is 2. The first kappa shape index (κ1) is 18.9. The van der Waals surface area contributed by atoms with Gasteiger partial charge in [0.2, 0.25) is 5.91 Å². The highest BCUT2D eigenvalue weighted by Crippen LogP contribution is 2.50. The van der Waals surface area contributed by atoms with Crippen LogP contribution >= 0.6 is 0 Å². The summed E-state index contributed by atoms with van der Waals surface area (Å²) in [5, 5.41) is 3.13. The third-order valence-electron chi connectivity index (χ3n) is 6.30. The van der Waals surface area contributed by atoms with E-state index < -0.39 is 0 Å². The average molecular weight is 357 g/mol. The van der Waals surface area contributed by atoms with Crippen molar-refractivity contribution in [3.05, 3.63) is 35.4 Å². The van der Waals surface area contributed by atoms with Crippen molar-refractivity contribution >= 4 is 11.8 Å². The van der Waals surface area contributed by atoms with Crippen molar-refractivity contribution in [2.24, 2.45) is 0 Å². The molecular formula is C22H32N2O2. The summed E-state index contributed by atoms with van der Waals surface area (Å²) >= 11 is 0. The number of hydrogen-bond donors (Lipinski definition) is 1. The van der Waals surface area contributed by atoms with Crippen LogP contribution in [0.4, 0.5) is 0 Å². The van der Waals surface area contributed by atoms with Gasteiger partial charge in [-0.3, -0.25) is 9.59 Å². The van der Waals surface area contributed by atoms with Crippen LogP contribution in [0.1, 0.15) is 87.6 Å². The van der Waals surface area contributed by atoms with E-state index in [9.17, 15) is 9.59 Å². The molecule has 1 fully saturated rings. The Labute approximate surface area is 157 Å². The summed E-state index contributed by atoms with van der Waals surface area (Å²) in [7, 11) is 0. The predicted octanol–water partition coefficient (Wildman–Crippen LogP) is 4.25. The molecule has 0 bridgehead atoms. The first-order valence-electron chi connectivity index (χ1n) is 10.3. The maximum atomic E-state index is 13.5. The Morgan fingerprint density at radius 2 is 1.92 bits per heavy atom. The molecule has 1 aromatic rings. The van der Waals surface area contributed by atoms with E-state index in [1.165, 1.54) is 6.42 Å². The Morgan fingerprint density at radius 3 is 2.58 bits per heavy atom. The molecule has 0 saturated heterocycles. The molecular weight excluding hydrogens is 324 g/mol. The van der Waals surface area contributed by atoms with Crippen LogP contribution in [0, 0.1) is 0 Å². The molecule has 1 saturated carbocycles. The summed E-state index contributed by atoms with van der Waals surface area (Å²) < 4.78 is 0. The Hall–Kier alpha value is -1.84. The Kier molecular flexibility index (Phi) is 5.69. The molecule has 0 radical (unpaired) electrons. The maximum absolute atomic E-state index is 13.5. The van der Waals surface area contributed by atoms with Crippen LogP contribution < -0.4 is 5.32 Å². The van der Waals surface area contributed by atoms with Gasteiger partial charge in [-0.15, -0.1) is 0 Å². The zero-order valence-corrected chi connectivity index (χ0v) is 16.4. The Bertz CT molecular complexity index is 664. The number of nitrogens with zero attached hydrogens (tertiary/aromatic N) is 1. The topological polar surface area (TPSA) is 49.4 Å². The molecule has 2 atom stereocenters. The van der Waals surface area contributed by atoms with Gasteiger partial charge in [-0.1, -0.05) is 51.3 Å². The second-order valence-electron chi connectivity index (χ2n) is 7.91. The standard InChI is InChI=1S/C22H32N2O2/c1-4-15-23-20(25)19-17-11-7-8-12-18(17)21(26)24(16(3)5-2)22(19)13-9-6-10-14-22/h7-8,11-12,16,19H,4-6,9-10,13-15H2,1-3H3,(H,23,25)/t16-,19-/m1/s1. The summed E-state index contributed by atoms with van der Waals surface area (Å²) in [5.74, 6) is -0.0735. The highest BCUT2D eigenvalue weighted by Gasteiger charge is 2.55. The predicted molar refractivity (Wildman–Crippen MR) is 104 cm³/mol. The average Bonchev–Trinajstić information content (AvgIpc) is 2.67. The van der Waals surface area contributed by atoms with Crippen molar-refractivity contribution in [2.75, 3.05) is 6.54 Å². The number of hydrogen-bond acceptors (Lipinski definition) is 2. The van der Waals surface area contributed by atoms with E-state index >= 15 is 0 Å². The van der Waals surface area contributed by atoms with Gasteiger partial charge in [0.05, 0.1) is 11.5 Å². The maximum Gasteiger partial charge on any atom is 0.254 e. The van der Waals surface area contributed by atoms with Crippen LogP contribution in [0.2, 0.25) is 0 Å². The van der Waals surface area contributed by atoms with Crippen molar-refractivity contribution in [3.8, 4) is 0 Å². The lowest BCUT2D eigenvalue weighted by Gasteiger charge is -2.55. The van der Waals surface area contributed by atoms with Crippen LogP contribution in [-0.2, 0) is 4.79 Å². The Morgan fingerprint density at radius 1 is 1.23 bits per heavy atom. The smallest absolute Gasteiger partial charge is 0.254 e. The van der Waals surface area contributed by atoms with Crippen molar-refractivity contribution in [3.63, 3.8) is 0 Å². The normalized spacial score (nSPS) is 22.8. The molecule has 1 heterocycles. The van der Waals surface area contributed by atoms with Gasteiger partial charge >= 0.3 is 0 Å². The lowest BCUT2D eigenvalue weighted by atomic mass is 9.64. The third-order valence-corrected chi connectivity index (χ3v) is 6.30. The number of amides is 2. The number of carbonyl (C=O) groups is 2. The number of nitrogens with one attached hydrogen (secondary N) is 1. The molecule has 1 aliphatic heterocycles. The molecule has 2 amide bonds. The number of fused-ring (bicyclic) bond motifs is 1. The van der Waals surface area contributed by atoms with Crippen molar-refractivity contribution < 1.29 is 9.59 Å². The van der Waals surface area contributed by atoms with Gasteiger partial charge in [-0.25, -0.2) is 0 Å². The fourth-order valence-corrected chi connectivity index (χ4v) is 4.95. The van der Waals surface area contributed by atoms with E-state index in [0.717, 1.165) is 44.1 Å². The largest absolute Gasteiger partial charge is 0.356 e. The fourth-order valence-electron chi connectivity index (χ4n) is 4.95. The summed E-state index contributed by atoms with van der Waals surface area (Å²) in [5.41, 5.74) is 1.25. The molecule has 1 aliphatic carbocycles. The van der Waals surface area contributed by atoms with E-state index in [-0.39, 0.29) is 29.3 Å². The summed E-state index contributed by atoms with van der Waals surface area (Å²) in [4.78, 5) is 28.9. The molecule has 4 nitrogen and oxygen atoms in total. The summed E-state index contributed by atoms with van der Waals surface area (Å²) in [6.45, 7) is 7.01. The van der Waals surface area contributed by atoms with Crippen LogP contribution in [0.3, 0.4) is 0 Å². The van der Waals surface area contributed by atoms with Gasteiger partial charge < -0.3 is 10.2 Å². The number of benzene rings is 1. The van der Waals surface area contributed by atoms with Gasteiger partial charge in [-0.2, -0.15) is 0 Å². The van der Waals surface area contributed by atoms with E-state index in [4.69, 9.17) is 0 Å². The zero-order chi connectivity index (χ0) is 18.7. The minimum atomic E-state index is -0.378. The molecule has 4 heteroatoms. The summed E-state index contributed by atoms with van der Waals surface area (Å²) in [6.07, 6.45) is 7.01. The molecule has 0 unspecified atom stereocenters.